The third kappa shape index (κ3) is 7.06. The minimum absolute atomic E-state index is 0.285. The van der Waals surface area contributed by atoms with E-state index >= 15 is 0 Å². The zero-order valence-corrected chi connectivity index (χ0v) is 19.3. The van der Waals surface area contributed by atoms with Gasteiger partial charge in [0, 0.05) is 18.3 Å². The molecule has 0 bridgehead atoms. The highest BCUT2D eigenvalue weighted by atomic mass is 35.5. The van der Waals surface area contributed by atoms with Crippen LogP contribution in [0.5, 0.6) is 0 Å². The molecule has 0 saturated heterocycles. The fraction of sp³-hybridized carbons (Fsp3) is 0.333. The first kappa shape index (κ1) is 24.4. The number of aromatic nitrogens is 2. The molecule has 1 aromatic heterocycles. The number of carbonyl (C=O) groups is 1. The van der Waals surface area contributed by atoms with Crippen molar-refractivity contribution in [3.8, 4) is 5.69 Å². The average Bonchev–Trinajstić information content (AvgIpc) is 3.01. The lowest BCUT2D eigenvalue weighted by Gasteiger charge is -2.18. The summed E-state index contributed by atoms with van der Waals surface area (Å²) in [5, 5.41) is 3.87. The van der Waals surface area contributed by atoms with E-state index in [0.717, 1.165) is 27.9 Å². The number of rotatable bonds is 2. The highest BCUT2D eigenvalue weighted by Crippen LogP contribution is 2.25. The zero-order chi connectivity index (χ0) is 22.2. The van der Waals surface area contributed by atoms with Crippen LogP contribution < -0.4 is 5.32 Å². The van der Waals surface area contributed by atoms with E-state index in [0.29, 0.717) is 0 Å². The standard InChI is InChI=1S/C12H14ClN3.C11H16.CH2O/c1-8-7-16(9(2)15-8)12-6-10(13)4-5-11(12)14-3;1-9-5-7-10(8-6-9)11(2,3)4;1-2/h4-7,14H,1-3H3;5-8H,1-4H3;1H2. The number of benzene rings is 2. The van der Waals surface area contributed by atoms with E-state index in [2.05, 4.69) is 62.3 Å². The lowest BCUT2D eigenvalue weighted by atomic mass is 9.87. The summed E-state index contributed by atoms with van der Waals surface area (Å²) >= 11 is 6.02. The Hall–Kier alpha value is -2.59. The number of imidazole rings is 1. The van der Waals surface area contributed by atoms with Gasteiger partial charge in [-0.1, -0.05) is 62.2 Å². The van der Waals surface area contributed by atoms with Crippen LogP contribution in [0.15, 0.2) is 48.7 Å². The second kappa shape index (κ2) is 10.8. The predicted octanol–water partition coefficient (Wildman–Crippen LogP) is 6.29. The molecule has 0 amide bonds. The molecule has 2 aromatic carbocycles. The van der Waals surface area contributed by atoms with Gasteiger partial charge in [0.05, 0.1) is 17.1 Å². The number of nitrogens with one attached hydrogen (secondary N) is 1. The quantitative estimate of drug-likeness (QED) is 0.536. The van der Waals surface area contributed by atoms with Gasteiger partial charge in [0.2, 0.25) is 0 Å². The Morgan fingerprint density at radius 3 is 2.03 bits per heavy atom. The molecule has 0 atom stereocenters. The maximum Gasteiger partial charge on any atom is 0.110 e. The molecule has 29 heavy (non-hydrogen) atoms. The molecule has 0 aliphatic heterocycles. The van der Waals surface area contributed by atoms with E-state index in [4.69, 9.17) is 16.4 Å². The number of nitrogens with zero attached hydrogens (tertiary/aromatic N) is 2. The Bertz CT molecular complexity index is 909. The second-order valence-electron chi connectivity index (χ2n) is 7.83. The summed E-state index contributed by atoms with van der Waals surface area (Å²) in [6.45, 7) is 14.8. The van der Waals surface area contributed by atoms with E-state index in [-0.39, 0.29) is 5.41 Å². The Labute approximate surface area is 179 Å². The fourth-order valence-electron chi connectivity index (χ4n) is 2.83. The SMILES string of the molecule is C=O.CNc1ccc(Cl)cc1-n1cc(C)nc1C.Cc1ccc(C(C)(C)C)cc1. The largest absolute Gasteiger partial charge is 0.386 e. The highest BCUT2D eigenvalue weighted by molar-refractivity contribution is 6.30. The molecular weight excluding hydrogens is 382 g/mol. The van der Waals surface area contributed by atoms with Crippen molar-refractivity contribution in [2.75, 3.05) is 12.4 Å². The van der Waals surface area contributed by atoms with Gasteiger partial charge < -0.3 is 14.7 Å². The van der Waals surface area contributed by atoms with Crippen molar-refractivity contribution in [2.24, 2.45) is 0 Å². The number of aryl methyl sites for hydroxylation is 3. The van der Waals surface area contributed by atoms with Crippen molar-refractivity contribution in [1.29, 1.82) is 0 Å². The minimum atomic E-state index is 0.285. The normalized spacial score (nSPS) is 10.3. The van der Waals surface area contributed by atoms with Gasteiger partial charge >= 0.3 is 0 Å². The van der Waals surface area contributed by atoms with Gasteiger partial charge in [-0.15, -0.1) is 0 Å². The third-order valence-corrected chi connectivity index (χ3v) is 4.64. The third-order valence-electron chi connectivity index (χ3n) is 4.41. The number of carbonyl (C=O) groups excluding carboxylic acids is 1. The van der Waals surface area contributed by atoms with Crippen LogP contribution in [0, 0.1) is 20.8 Å². The first-order chi connectivity index (χ1) is 13.6. The number of halogens is 1. The Kier molecular flexibility index (Phi) is 9.12. The van der Waals surface area contributed by atoms with Gasteiger partial charge in [-0.25, -0.2) is 4.98 Å². The zero-order valence-electron chi connectivity index (χ0n) is 18.5. The molecule has 3 aromatic rings. The summed E-state index contributed by atoms with van der Waals surface area (Å²) < 4.78 is 2.03. The van der Waals surface area contributed by atoms with Gasteiger partial charge in [-0.05, 0) is 49.9 Å². The summed E-state index contributed by atoms with van der Waals surface area (Å²) in [6, 6.07) is 14.5. The van der Waals surface area contributed by atoms with Gasteiger partial charge in [-0.2, -0.15) is 0 Å². The lowest BCUT2D eigenvalue weighted by molar-refractivity contribution is -0.0979. The average molecular weight is 414 g/mol. The maximum atomic E-state index is 8.00. The van der Waals surface area contributed by atoms with Crippen LogP contribution >= 0.6 is 11.6 Å². The van der Waals surface area contributed by atoms with Gasteiger partial charge in [0.1, 0.15) is 12.6 Å². The number of hydrogen-bond acceptors (Lipinski definition) is 3. The topological polar surface area (TPSA) is 46.9 Å². The van der Waals surface area contributed by atoms with Crippen LogP contribution in [0.1, 0.15) is 43.4 Å². The first-order valence-electron chi connectivity index (χ1n) is 9.48. The van der Waals surface area contributed by atoms with Crippen LogP contribution in [0.2, 0.25) is 5.02 Å². The highest BCUT2D eigenvalue weighted by Gasteiger charge is 2.12. The number of hydrogen-bond donors (Lipinski definition) is 1. The Balaban J connectivity index is 0.000000284. The molecular formula is C24H32ClN3O. The predicted molar refractivity (Wildman–Crippen MR) is 125 cm³/mol. The fourth-order valence-corrected chi connectivity index (χ4v) is 3.00. The summed E-state index contributed by atoms with van der Waals surface area (Å²) in [4.78, 5) is 12.4. The molecule has 156 valence electrons. The summed E-state index contributed by atoms with van der Waals surface area (Å²) in [5.74, 6) is 0.955. The smallest absolute Gasteiger partial charge is 0.110 e. The van der Waals surface area contributed by atoms with E-state index in [1.165, 1.54) is 11.1 Å². The summed E-state index contributed by atoms with van der Waals surface area (Å²) in [6.07, 6.45) is 2.00. The van der Waals surface area contributed by atoms with Gasteiger partial charge in [0.15, 0.2) is 0 Å². The maximum absolute atomic E-state index is 8.00. The second-order valence-corrected chi connectivity index (χ2v) is 8.26. The van der Waals surface area contributed by atoms with Crippen LogP contribution in [-0.2, 0) is 10.2 Å². The van der Waals surface area contributed by atoms with Crippen molar-refractivity contribution in [3.63, 3.8) is 0 Å². The molecule has 1 heterocycles. The van der Waals surface area contributed by atoms with Crippen molar-refractivity contribution >= 4 is 24.1 Å². The van der Waals surface area contributed by atoms with E-state index in [1.54, 1.807) is 0 Å². The molecule has 0 fully saturated rings. The molecule has 0 saturated carbocycles. The molecule has 1 N–H and O–H groups in total. The van der Waals surface area contributed by atoms with Crippen LogP contribution in [0.25, 0.3) is 5.69 Å². The molecule has 0 aliphatic rings. The van der Waals surface area contributed by atoms with Crippen LogP contribution in [-0.4, -0.2) is 23.4 Å². The molecule has 5 heteroatoms. The van der Waals surface area contributed by atoms with Crippen molar-refractivity contribution in [1.82, 2.24) is 9.55 Å². The number of anilines is 1. The molecule has 3 rings (SSSR count). The van der Waals surface area contributed by atoms with Crippen molar-refractivity contribution in [2.45, 2.75) is 47.0 Å². The van der Waals surface area contributed by atoms with Crippen LogP contribution in [0.3, 0.4) is 0 Å². The van der Waals surface area contributed by atoms with E-state index in [9.17, 15) is 0 Å². The minimum Gasteiger partial charge on any atom is -0.386 e. The lowest BCUT2D eigenvalue weighted by Crippen LogP contribution is -2.10. The van der Waals surface area contributed by atoms with E-state index in [1.807, 2.05) is 56.6 Å². The molecule has 0 aliphatic carbocycles. The van der Waals surface area contributed by atoms with Gasteiger partial charge in [-0.3, -0.25) is 0 Å². The Morgan fingerprint density at radius 1 is 1.00 bits per heavy atom. The van der Waals surface area contributed by atoms with Crippen molar-refractivity contribution in [3.05, 3.63) is 76.3 Å². The van der Waals surface area contributed by atoms with Crippen molar-refractivity contribution < 1.29 is 4.79 Å². The molecule has 0 unspecified atom stereocenters. The molecule has 0 radical (unpaired) electrons. The molecule has 0 spiro atoms. The summed E-state index contributed by atoms with van der Waals surface area (Å²) in [5.41, 5.74) is 6.08. The first-order valence-corrected chi connectivity index (χ1v) is 9.86. The Morgan fingerprint density at radius 2 is 1.59 bits per heavy atom. The van der Waals surface area contributed by atoms with E-state index < -0.39 is 0 Å². The summed E-state index contributed by atoms with van der Waals surface area (Å²) in [7, 11) is 1.89. The van der Waals surface area contributed by atoms with Crippen LogP contribution in [0.4, 0.5) is 5.69 Å². The molecule has 4 nitrogen and oxygen atoms in total. The monoisotopic (exact) mass is 413 g/mol. The van der Waals surface area contributed by atoms with Gasteiger partial charge in [0.25, 0.3) is 0 Å².